The Labute approximate surface area is 154 Å². The van der Waals surface area contributed by atoms with Gasteiger partial charge in [0.25, 0.3) is 0 Å². The third-order valence-electron chi connectivity index (χ3n) is 4.66. The van der Waals surface area contributed by atoms with Crippen LogP contribution < -0.4 is 14.8 Å². The van der Waals surface area contributed by atoms with Crippen molar-refractivity contribution in [3.05, 3.63) is 70.9 Å². The molecule has 0 aliphatic carbocycles. The normalized spacial score (nSPS) is 13.9. The van der Waals surface area contributed by atoms with E-state index in [1.165, 1.54) is 10.9 Å². The molecular formula is C20H17N3O2S. The predicted molar refractivity (Wildman–Crippen MR) is 103 cm³/mol. The van der Waals surface area contributed by atoms with Crippen molar-refractivity contribution in [3.63, 3.8) is 0 Å². The molecule has 0 fully saturated rings. The summed E-state index contributed by atoms with van der Waals surface area (Å²) in [6.07, 6.45) is 1.81. The summed E-state index contributed by atoms with van der Waals surface area (Å²) in [5.74, 6) is 1.57. The number of thiazole rings is 1. The second-order valence-corrected chi connectivity index (χ2v) is 7.13. The highest BCUT2D eigenvalue weighted by Crippen LogP contribution is 2.39. The van der Waals surface area contributed by atoms with Crippen molar-refractivity contribution in [3.8, 4) is 11.5 Å². The van der Waals surface area contributed by atoms with Crippen LogP contribution in [0.1, 0.15) is 22.9 Å². The number of nitrogens with zero attached hydrogens (tertiary/aromatic N) is 1. The van der Waals surface area contributed by atoms with Gasteiger partial charge in [0.2, 0.25) is 6.79 Å². The van der Waals surface area contributed by atoms with E-state index in [1.807, 2.05) is 23.7 Å². The van der Waals surface area contributed by atoms with Crippen LogP contribution in [0.15, 0.2) is 54.0 Å². The molecule has 1 atom stereocenters. The lowest BCUT2D eigenvalue weighted by Gasteiger charge is -2.20. The summed E-state index contributed by atoms with van der Waals surface area (Å²) in [5.41, 5.74) is 4.59. The fourth-order valence-corrected chi connectivity index (χ4v) is 4.06. The lowest BCUT2D eigenvalue weighted by atomic mass is 9.96. The lowest BCUT2D eigenvalue weighted by molar-refractivity contribution is 0.174. The molecular weight excluding hydrogens is 346 g/mol. The maximum absolute atomic E-state index is 5.59. The first-order chi connectivity index (χ1) is 12.8. The Bertz CT molecular complexity index is 1070. The Morgan fingerprint density at radius 2 is 2.04 bits per heavy atom. The van der Waals surface area contributed by atoms with Crippen molar-refractivity contribution in [2.75, 3.05) is 12.1 Å². The first-order valence-electron chi connectivity index (χ1n) is 8.42. The average Bonchev–Trinajstić information content (AvgIpc) is 3.38. The van der Waals surface area contributed by atoms with Gasteiger partial charge >= 0.3 is 0 Å². The summed E-state index contributed by atoms with van der Waals surface area (Å²) in [5, 5.41) is 7.66. The maximum atomic E-state index is 5.59. The predicted octanol–water partition coefficient (Wildman–Crippen LogP) is 4.86. The second-order valence-electron chi connectivity index (χ2n) is 6.24. The zero-order valence-corrected chi connectivity index (χ0v) is 15.0. The minimum absolute atomic E-state index is 0.0493. The number of anilines is 1. The van der Waals surface area contributed by atoms with Crippen LogP contribution in [0.2, 0.25) is 0 Å². The van der Waals surface area contributed by atoms with E-state index < -0.39 is 0 Å². The Hall–Kier alpha value is -2.99. The minimum atomic E-state index is -0.0493. The van der Waals surface area contributed by atoms with Gasteiger partial charge in [-0.15, -0.1) is 11.3 Å². The monoisotopic (exact) mass is 363 g/mol. The standard InChI is InChI=1S/C20H17N3O2S/c1-12-18(14-4-2-3-5-15(14)22-12)19(23-20-21-8-9-26-20)13-6-7-16-17(10-13)25-11-24-16/h2-10,19,22H,11H2,1H3,(H,21,23). The van der Waals surface area contributed by atoms with Gasteiger partial charge in [-0.3, -0.25) is 0 Å². The van der Waals surface area contributed by atoms with Gasteiger partial charge in [0, 0.05) is 33.7 Å². The topological polar surface area (TPSA) is 59.2 Å². The second kappa shape index (κ2) is 6.07. The number of benzene rings is 2. The van der Waals surface area contributed by atoms with Gasteiger partial charge in [-0.25, -0.2) is 4.98 Å². The van der Waals surface area contributed by atoms with E-state index in [0.29, 0.717) is 0 Å². The quantitative estimate of drug-likeness (QED) is 0.543. The van der Waals surface area contributed by atoms with Crippen molar-refractivity contribution in [2.24, 2.45) is 0 Å². The Morgan fingerprint density at radius 1 is 1.15 bits per heavy atom. The number of rotatable bonds is 4. The molecule has 1 aliphatic rings. The van der Waals surface area contributed by atoms with Gasteiger partial charge in [0.05, 0.1) is 6.04 Å². The number of aryl methyl sites for hydroxylation is 1. The van der Waals surface area contributed by atoms with Crippen molar-refractivity contribution in [1.29, 1.82) is 0 Å². The van der Waals surface area contributed by atoms with E-state index in [-0.39, 0.29) is 12.8 Å². The Balaban J connectivity index is 1.67. The molecule has 0 radical (unpaired) electrons. The van der Waals surface area contributed by atoms with E-state index in [4.69, 9.17) is 9.47 Å². The molecule has 26 heavy (non-hydrogen) atoms. The van der Waals surface area contributed by atoms with Crippen molar-refractivity contribution >= 4 is 27.4 Å². The summed E-state index contributed by atoms with van der Waals surface area (Å²) in [6.45, 7) is 2.38. The molecule has 5 rings (SSSR count). The number of hydrogen-bond acceptors (Lipinski definition) is 5. The summed E-state index contributed by atoms with van der Waals surface area (Å²) in [4.78, 5) is 7.91. The van der Waals surface area contributed by atoms with Crippen LogP contribution in [0.3, 0.4) is 0 Å². The molecule has 2 aromatic carbocycles. The molecule has 2 aromatic heterocycles. The largest absolute Gasteiger partial charge is 0.454 e. The fraction of sp³-hybridized carbons (Fsp3) is 0.150. The molecule has 5 nitrogen and oxygen atoms in total. The van der Waals surface area contributed by atoms with Gasteiger partial charge in [-0.05, 0) is 30.7 Å². The summed E-state index contributed by atoms with van der Waals surface area (Å²) < 4.78 is 11.1. The van der Waals surface area contributed by atoms with Gasteiger partial charge in [0.1, 0.15) is 0 Å². The van der Waals surface area contributed by atoms with Crippen molar-refractivity contribution in [2.45, 2.75) is 13.0 Å². The van der Waals surface area contributed by atoms with E-state index in [2.05, 4.69) is 52.5 Å². The average molecular weight is 363 g/mol. The van der Waals surface area contributed by atoms with Crippen molar-refractivity contribution < 1.29 is 9.47 Å². The molecule has 6 heteroatoms. The third kappa shape index (κ3) is 2.50. The molecule has 130 valence electrons. The van der Waals surface area contributed by atoms with Crippen molar-refractivity contribution in [1.82, 2.24) is 9.97 Å². The van der Waals surface area contributed by atoms with Crippen LogP contribution in [-0.4, -0.2) is 16.8 Å². The Kier molecular flexibility index (Phi) is 3.57. The number of ether oxygens (including phenoxy) is 2. The molecule has 0 bridgehead atoms. The molecule has 3 heterocycles. The van der Waals surface area contributed by atoms with Crippen LogP contribution in [0.5, 0.6) is 11.5 Å². The van der Waals surface area contributed by atoms with Gasteiger partial charge in [0.15, 0.2) is 16.6 Å². The number of aromatic amines is 1. The van der Waals surface area contributed by atoms with Crippen LogP contribution in [0.4, 0.5) is 5.13 Å². The van der Waals surface area contributed by atoms with E-state index in [1.54, 1.807) is 11.3 Å². The molecule has 1 unspecified atom stereocenters. The molecule has 2 N–H and O–H groups in total. The molecule has 0 saturated carbocycles. The summed E-state index contributed by atoms with van der Waals surface area (Å²) in [7, 11) is 0. The van der Waals surface area contributed by atoms with E-state index in [0.717, 1.165) is 33.4 Å². The van der Waals surface area contributed by atoms with Gasteiger partial charge in [-0.1, -0.05) is 24.3 Å². The zero-order valence-electron chi connectivity index (χ0n) is 14.2. The van der Waals surface area contributed by atoms with E-state index >= 15 is 0 Å². The Morgan fingerprint density at radius 3 is 2.92 bits per heavy atom. The molecule has 0 spiro atoms. The lowest BCUT2D eigenvalue weighted by Crippen LogP contribution is -2.13. The van der Waals surface area contributed by atoms with Gasteiger partial charge in [-0.2, -0.15) is 0 Å². The number of H-pyrrole nitrogens is 1. The zero-order chi connectivity index (χ0) is 17.5. The first kappa shape index (κ1) is 15.3. The number of nitrogens with one attached hydrogen (secondary N) is 2. The molecule has 0 saturated heterocycles. The number of fused-ring (bicyclic) bond motifs is 2. The molecule has 1 aliphatic heterocycles. The third-order valence-corrected chi connectivity index (χ3v) is 5.37. The van der Waals surface area contributed by atoms with Crippen LogP contribution in [0.25, 0.3) is 10.9 Å². The highest BCUT2D eigenvalue weighted by molar-refractivity contribution is 7.13. The molecule has 4 aromatic rings. The first-order valence-corrected chi connectivity index (χ1v) is 9.30. The van der Waals surface area contributed by atoms with Crippen LogP contribution in [-0.2, 0) is 0 Å². The number of hydrogen-bond donors (Lipinski definition) is 2. The smallest absolute Gasteiger partial charge is 0.231 e. The number of para-hydroxylation sites is 1. The van der Waals surface area contributed by atoms with Gasteiger partial charge < -0.3 is 19.8 Å². The maximum Gasteiger partial charge on any atom is 0.231 e. The minimum Gasteiger partial charge on any atom is -0.454 e. The fourth-order valence-electron chi connectivity index (χ4n) is 3.50. The highest BCUT2D eigenvalue weighted by atomic mass is 32.1. The SMILES string of the molecule is Cc1[nH]c2ccccc2c1C(Nc1nccs1)c1ccc2c(c1)OCO2. The highest BCUT2D eigenvalue weighted by Gasteiger charge is 2.24. The summed E-state index contributed by atoms with van der Waals surface area (Å²) in [6, 6.07) is 14.4. The van der Waals surface area contributed by atoms with Crippen LogP contribution >= 0.6 is 11.3 Å². The molecule has 0 amide bonds. The van der Waals surface area contributed by atoms with E-state index in [9.17, 15) is 0 Å². The van der Waals surface area contributed by atoms with Crippen LogP contribution in [0, 0.1) is 6.92 Å². The summed E-state index contributed by atoms with van der Waals surface area (Å²) >= 11 is 1.59. The number of aromatic nitrogens is 2.